The summed E-state index contributed by atoms with van der Waals surface area (Å²) in [6.45, 7) is 8.86. The molecular formula is C12H17BrN4O. The van der Waals surface area contributed by atoms with E-state index in [1.807, 2.05) is 0 Å². The number of allylic oxidation sites excluding steroid dienone is 1. The molecule has 1 aliphatic rings. The van der Waals surface area contributed by atoms with Crippen molar-refractivity contribution in [2.45, 2.75) is 19.5 Å². The summed E-state index contributed by atoms with van der Waals surface area (Å²) in [6.07, 6.45) is 3.40. The molecule has 2 heterocycles. The predicted octanol–water partition coefficient (Wildman–Crippen LogP) is 0.990. The van der Waals surface area contributed by atoms with Crippen molar-refractivity contribution >= 4 is 21.6 Å². The van der Waals surface area contributed by atoms with Crippen LogP contribution in [0.3, 0.4) is 0 Å². The third-order valence-electron chi connectivity index (χ3n) is 2.98. The molecule has 0 spiro atoms. The van der Waals surface area contributed by atoms with Crippen LogP contribution in [0.15, 0.2) is 28.1 Å². The summed E-state index contributed by atoms with van der Waals surface area (Å²) in [5.74, 6) is 0. The van der Waals surface area contributed by atoms with E-state index in [4.69, 9.17) is 0 Å². The minimum absolute atomic E-state index is 0.112. The molecule has 0 aromatic carbocycles. The Labute approximate surface area is 115 Å². The van der Waals surface area contributed by atoms with Crippen molar-refractivity contribution < 1.29 is 0 Å². The second-order valence-electron chi connectivity index (χ2n) is 4.42. The number of anilines is 1. The quantitative estimate of drug-likeness (QED) is 0.846. The van der Waals surface area contributed by atoms with Gasteiger partial charge in [-0.15, -0.1) is 6.58 Å². The molecular weight excluding hydrogens is 296 g/mol. The zero-order valence-electron chi connectivity index (χ0n) is 10.4. The van der Waals surface area contributed by atoms with Crippen LogP contribution in [0.1, 0.15) is 6.92 Å². The highest BCUT2D eigenvalue weighted by Crippen LogP contribution is 2.22. The second kappa shape index (κ2) is 5.67. The first-order valence-electron chi connectivity index (χ1n) is 5.98. The molecule has 18 heavy (non-hydrogen) atoms. The molecule has 0 bridgehead atoms. The summed E-state index contributed by atoms with van der Waals surface area (Å²) in [4.78, 5) is 14.2. The second-order valence-corrected chi connectivity index (χ2v) is 5.21. The van der Waals surface area contributed by atoms with E-state index in [1.54, 1.807) is 12.3 Å². The molecule has 0 unspecified atom stereocenters. The molecule has 6 heteroatoms. The SMILES string of the molecule is C=CCn1ncc(N2CCN[C@@H](C)C2)c(Br)c1=O. The van der Waals surface area contributed by atoms with Gasteiger partial charge in [-0.05, 0) is 22.9 Å². The van der Waals surface area contributed by atoms with Crippen molar-refractivity contribution in [3.63, 3.8) is 0 Å². The van der Waals surface area contributed by atoms with E-state index in [-0.39, 0.29) is 5.56 Å². The van der Waals surface area contributed by atoms with E-state index >= 15 is 0 Å². The molecule has 1 fully saturated rings. The van der Waals surface area contributed by atoms with Gasteiger partial charge < -0.3 is 10.2 Å². The number of hydrogen-bond donors (Lipinski definition) is 1. The van der Waals surface area contributed by atoms with E-state index in [0.29, 0.717) is 17.1 Å². The van der Waals surface area contributed by atoms with E-state index < -0.39 is 0 Å². The zero-order valence-corrected chi connectivity index (χ0v) is 12.0. The molecule has 1 aromatic heterocycles. The summed E-state index contributed by atoms with van der Waals surface area (Å²) in [7, 11) is 0. The molecule has 1 saturated heterocycles. The minimum Gasteiger partial charge on any atom is -0.366 e. The average Bonchev–Trinajstić information content (AvgIpc) is 2.35. The number of hydrogen-bond acceptors (Lipinski definition) is 4. The minimum atomic E-state index is -0.112. The fourth-order valence-electron chi connectivity index (χ4n) is 2.08. The first-order chi connectivity index (χ1) is 8.63. The largest absolute Gasteiger partial charge is 0.366 e. The van der Waals surface area contributed by atoms with Gasteiger partial charge >= 0.3 is 0 Å². The summed E-state index contributed by atoms with van der Waals surface area (Å²) in [6, 6.07) is 0.418. The Morgan fingerprint density at radius 3 is 3.17 bits per heavy atom. The Morgan fingerprint density at radius 1 is 1.72 bits per heavy atom. The Morgan fingerprint density at radius 2 is 2.50 bits per heavy atom. The van der Waals surface area contributed by atoms with Crippen LogP contribution in [0, 0.1) is 0 Å². The van der Waals surface area contributed by atoms with Gasteiger partial charge in [-0.25, -0.2) is 4.68 Å². The Hall–Kier alpha value is -1.14. The molecule has 0 saturated carbocycles. The Balaban J connectivity index is 2.31. The highest BCUT2D eigenvalue weighted by atomic mass is 79.9. The van der Waals surface area contributed by atoms with Crippen LogP contribution >= 0.6 is 15.9 Å². The highest BCUT2D eigenvalue weighted by Gasteiger charge is 2.20. The first kappa shape index (κ1) is 13.3. The molecule has 1 aliphatic heterocycles. The summed E-state index contributed by atoms with van der Waals surface area (Å²) in [5, 5.41) is 7.54. The standard InChI is InChI=1S/C12H17BrN4O/c1-3-5-17-12(18)11(13)10(7-15-17)16-6-4-14-9(2)8-16/h3,7,9,14H,1,4-6,8H2,2H3/t9-/m0/s1. The topological polar surface area (TPSA) is 50.2 Å². The third kappa shape index (κ3) is 2.64. The third-order valence-corrected chi connectivity index (χ3v) is 3.72. The van der Waals surface area contributed by atoms with Crippen molar-refractivity contribution in [3.8, 4) is 0 Å². The van der Waals surface area contributed by atoms with Crippen LogP contribution in [0.4, 0.5) is 5.69 Å². The Kier molecular flexibility index (Phi) is 4.19. The monoisotopic (exact) mass is 312 g/mol. The van der Waals surface area contributed by atoms with Gasteiger partial charge in [-0.1, -0.05) is 6.08 Å². The lowest BCUT2D eigenvalue weighted by Crippen LogP contribution is -2.49. The number of aromatic nitrogens is 2. The number of halogens is 1. The normalized spacial score (nSPS) is 19.9. The fraction of sp³-hybridized carbons (Fsp3) is 0.500. The number of piperazine rings is 1. The predicted molar refractivity (Wildman–Crippen MR) is 76.1 cm³/mol. The number of rotatable bonds is 3. The van der Waals surface area contributed by atoms with Crippen LogP contribution in [0.5, 0.6) is 0 Å². The molecule has 0 aliphatic carbocycles. The maximum atomic E-state index is 12.1. The van der Waals surface area contributed by atoms with E-state index in [0.717, 1.165) is 25.3 Å². The van der Waals surface area contributed by atoms with Crippen molar-refractivity contribution in [2.24, 2.45) is 0 Å². The van der Waals surface area contributed by atoms with Crippen LogP contribution in [0.2, 0.25) is 0 Å². The number of nitrogens with one attached hydrogen (secondary N) is 1. The zero-order chi connectivity index (χ0) is 13.1. The smallest absolute Gasteiger partial charge is 0.283 e. The molecule has 1 atom stereocenters. The van der Waals surface area contributed by atoms with Gasteiger partial charge in [-0.2, -0.15) is 5.10 Å². The van der Waals surface area contributed by atoms with E-state index in [1.165, 1.54) is 4.68 Å². The highest BCUT2D eigenvalue weighted by molar-refractivity contribution is 9.10. The van der Waals surface area contributed by atoms with Crippen molar-refractivity contribution in [1.29, 1.82) is 0 Å². The van der Waals surface area contributed by atoms with Gasteiger partial charge in [0.05, 0.1) is 18.4 Å². The lowest BCUT2D eigenvalue weighted by atomic mass is 10.2. The lowest BCUT2D eigenvalue weighted by Gasteiger charge is -2.33. The summed E-state index contributed by atoms with van der Waals surface area (Å²) < 4.78 is 1.97. The van der Waals surface area contributed by atoms with Crippen molar-refractivity contribution in [2.75, 3.05) is 24.5 Å². The van der Waals surface area contributed by atoms with Gasteiger partial charge in [0.2, 0.25) is 0 Å². The lowest BCUT2D eigenvalue weighted by molar-refractivity contribution is 0.482. The van der Waals surface area contributed by atoms with Crippen molar-refractivity contribution in [3.05, 3.63) is 33.7 Å². The van der Waals surface area contributed by atoms with E-state index in [9.17, 15) is 4.79 Å². The Bertz CT molecular complexity index is 499. The number of nitrogens with zero attached hydrogens (tertiary/aromatic N) is 3. The molecule has 5 nitrogen and oxygen atoms in total. The molecule has 0 radical (unpaired) electrons. The van der Waals surface area contributed by atoms with Crippen LogP contribution < -0.4 is 15.8 Å². The summed E-state index contributed by atoms with van der Waals surface area (Å²) >= 11 is 3.39. The summed E-state index contributed by atoms with van der Waals surface area (Å²) in [5.41, 5.74) is 0.757. The average molecular weight is 313 g/mol. The van der Waals surface area contributed by atoms with Gasteiger partial charge in [0.15, 0.2) is 0 Å². The maximum absolute atomic E-state index is 12.1. The van der Waals surface area contributed by atoms with Gasteiger partial charge in [0, 0.05) is 25.7 Å². The van der Waals surface area contributed by atoms with Crippen LogP contribution in [0.25, 0.3) is 0 Å². The molecule has 1 aromatic rings. The first-order valence-corrected chi connectivity index (χ1v) is 6.77. The van der Waals surface area contributed by atoms with Crippen LogP contribution in [-0.2, 0) is 6.54 Å². The molecule has 98 valence electrons. The molecule has 1 N–H and O–H groups in total. The van der Waals surface area contributed by atoms with Gasteiger partial charge in [0.1, 0.15) is 4.47 Å². The molecule has 2 rings (SSSR count). The van der Waals surface area contributed by atoms with Gasteiger partial charge in [-0.3, -0.25) is 4.79 Å². The fourth-order valence-corrected chi connectivity index (χ4v) is 2.64. The molecule has 0 amide bonds. The van der Waals surface area contributed by atoms with Crippen LogP contribution in [-0.4, -0.2) is 35.5 Å². The van der Waals surface area contributed by atoms with E-state index in [2.05, 4.69) is 44.7 Å². The van der Waals surface area contributed by atoms with Crippen molar-refractivity contribution in [1.82, 2.24) is 15.1 Å². The maximum Gasteiger partial charge on any atom is 0.283 e. The van der Waals surface area contributed by atoms with Gasteiger partial charge in [0.25, 0.3) is 5.56 Å².